The first kappa shape index (κ1) is 7.84. The molecule has 5 nitrogen and oxygen atoms in total. The SMILES string of the molecule is [2H]n1ccc(OC(=O)OC2CCCC2)n1. The van der Waals surface area contributed by atoms with E-state index in [4.69, 9.17) is 10.9 Å². The molecule has 0 aliphatic heterocycles. The average Bonchev–Trinajstić information content (AvgIpc) is 2.77. The maximum absolute atomic E-state index is 11.2. The first-order chi connectivity index (χ1) is 7.24. The van der Waals surface area contributed by atoms with Gasteiger partial charge in [0.2, 0.25) is 5.88 Å². The van der Waals surface area contributed by atoms with Crippen molar-refractivity contribution in [3.63, 3.8) is 0 Å². The zero-order valence-electron chi connectivity index (χ0n) is 8.68. The lowest BCUT2D eigenvalue weighted by atomic mass is 10.3. The predicted molar refractivity (Wildman–Crippen MR) is 48.0 cm³/mol. The third kappa shape index (κ3) is 2.25. The first-order valence-electron chi connectivity index (χ1n) is 5.12. The van der Waals surface area contributed by atoms with Crippen LogP contribution in [-0.2, 0) is 4.74 Å². The number of carbonyl (C=O) groups is 1. The summed E-state index contributed by atoms with van der Waals surface area (Å²) in [5.41, 5.74) is 0. The van der Waals surface area contributed by atoms with E-state index >= 15 is 0 Å². The van der Waals surface area contributed by atoms with E-state index in [-0.39, 0.29) is 12.0 Å². The second kappa shape index (κ2) is 4.13. The van der Waals surface area contributed by atoms with Crippen molar-refractivity contribution in [1.82, 2.24) is 10.2 Å². The Morgan fingerprint density at radius 3 is 3.07 bits per heavy atom. The minimum atomic E-state index is -0.736. The molecule has 1 aromatic heterocycles. The number of rotatable bonds is 2. The Morgan fingerprint density at radius 2 is 2.43 bits per heavy atom. The van der Waals surface area contributed by atoms with E-state index in [0.717, 1.165) is 30.8 Å². The monoisotopic (exact) mass is 197 g/mol. The molecule has 2 rings (SSSR count). The fourth-order valence-electron chi connectivity index (χ4n) is 1.53. The summed E-state index contributed by atoms with van der Waals surface area (Å²) in [5, 5.41) is 4.40. The van der Waals surface area contributed by atoms with Gasteiger partial charge in [0, 0.05) is 12.3 Å². The van der Waals surface area contributed by atoms with Crippen molar-refractivity contribution >= 4 is 6.16 Å². The fourth-order valence-corrected chi connectivity index (χ4v) is 1.53. The van der Waals surface area contributed by atoms with Crippen LogP contribution in [0.2, 0.25) is 1.41 Å². The summed E-state index contributed by atoms with van der Waals surface area (Å²) in [6.45, 7) is 0. The van der Waals surface area contributed by atoms with Crippen LogP contribution in [-0.4, -0.2) is 22.4 Å². The summed E-state index contributed by atoms with van der Waals surface area (Å²) in [7, 11) is 0. The highest BCUT2D eigenvalue weighted by Gasteiger charge is 2.20. The summed E-state index contributed by atoms with van der Waals surface area (Å²) in [4.78, 5) is 11.2. The van der Waals surface area contributed by atoms with Gasteiger partial charge in [-0.2, -0.15) is 0 Å². The Labute approximate surface area is 82.9 Å². The molecule has 0 bridgehead atoms. The van der Waals surface area contributed by atoms with Crippen LogP contribution in [0.4, 0.5) is 4.79 Å². The van der Waals surface area contributed by atoms with Crippen molar-refractivity contribution in [2.45, 2.75) is 31.8 Å². The number of hydrogen-bond acceptors (Lipinski definition) is 4. The van der Waals surface area contributed by atoms with Crippen molar-refractivity contribution in [1.29, 1.82) is 0 Å². The van der Waals surface area contributed by atoms with Gasteiger partial charge in [-0.15, -0.1) is 5.10 Å². The van der Waals surface area contributed by atoms with Gasteiger partial charge in [-0.1, -0.05) is 0 Å². The van der Waals surface area contributed by atoms with Gasteiger partial charge in [0.15, 0.2) is 1.41 Å². The quantitative estimate of drug-likeness (QED) is 0.735. The Morgan fingerprint density at radius 1 is 1.64 bits per heavy atom. The first-order valence-corrected chi connectivity index (χ1v) is 4.67. The standard InChI is InChI=1S/C9H12N2O3/c12-9(13-7-3-1-2-4-7)14-8-5-6-10-11-8/h5-7H,1-4H2,(H,10,11)/i/hD. The normalized spacial score (nSPS) is 17.9. The number of aromatic nitrogens is 2. The number of ether oxygens (including phenoxy) is 2. The Hall–Kier alpha value is -1.52. The van der Waals surface area contributed by atoms with E-state index in [9.17, 15) is 4.79 Å². The Kier molecular flexibility index (Phi) is 2.31. The van der Waals surface area contributed by atoms with Gasteiger partial charge in [-0.05, 0) is 25.7 Å². The molecule has 1 aromatic rings. The summed E-state index contributed by atoms with van der Waals surface area (Å²) >= 11 is 0. The highest BCUT2D eigenvalue weighted by atomic mass is 16.7. The summed E-state index contributed by atoms with van der Waals surface area (Å²) < 4.78 is 16.9. The number of nitrogens with one attached hydrogen (secondary N) is 1. The number of aromatic amines is 1. The van der Waals surface area contributed by atoms with Crippen LogP contribution in [0.3, 0.4) is 0 Å². The molecular formula is C9H12N2O3. The topological polar surface area (TPSA) is 64.2 Å². The molecule has 0 radical (unpaired) electrons. The maximum Gasteiger partial charge on any atom is 0.515 e. The lowest BCUT2D eigenvalue weighted by Gasteiger charge is -2.09. The van der Waals surface area contributed by atoms with Crippen LogP contribution in [0.25, 0.3) is 0 Å². The Balaban J connectivity index is 1.81. The number of H-pyrrole nitrogens is 1. The second-order valence-corrected chi connectivity index (χ2v) is 3.25. The summed E-state index contributed by atoms with van der Waals surface area (Å²) in [6.07, 6.45) is 4.62. The minimum Gasteiger partial charge on any atom is -0.431 e. The fraction of sp³-hybridized carbons (Fsp3) is 0.556. The van der Waals surface area contributed by atoms with Crippen molar-refractivity contribution < 1.29 is 15.7 Å². The molecule has 1 aliphatic carbocycles. The number of carbonyl (C=O) groups excluding carboxylic acids is 1. The molecule has 0 unspecified atom stereocenters. The van der Waals surface area contributed by atoms with Crippen molar-refractivity contribution in [3.05, 3.63) is 12.3 Å². The zero-order chi connectivity index (χ0) is 10.7. The van der Waals surface area contributed by atoms with E-state index in [1.54, 1.807) is 0 Å². The largest absolute Gasteiger partial charge is 0.515 e. The minimum absolute atomic E-state index is 0.0180. The molecule has 0 spiro atoms. The van der Waals surface area contributed by atoms with Gasteiger partial charge >= 0.3 is 6.16 Å². The van der Waals surface area contributed by atoms with Crippen LogP contribution in [0.15, 0.2) is 12.3 Å². The van der Waals surface area contributed by atoms with Crippen molar-refractivity contribution in [2.24, 2.45) is 0 Å². The molecular weight excluding hydrogens is 184 g/mol. The molecule has 76 valence electrons. The maximum atomic E-state index is 11.2. The van der Waals surface area contributed by atoms with Gasteiger partial charge in [0.05, 0.1) is 0 Å². The van der Waals surface area contributed by atoms with Crippen LogP contribution < -0.4 is 4.74 Å². The number of hydrogen-bond donors (Lipinski definition) is 1. The molecule has 0 amide bonds. The van der Waals surface area contributed by atoms with Gasteiger partial charge < -0.3 is 9.47 Å². The second-order valence-electron chi connectivity index (χ2n) is 3.25. The molecule has 0 aromatic carbocycles. The van der Waals surface area contributed by atoms with E-state index in [2.05, 4.69) is 5.10 Å². The number of nitrogens with zero attached hydrogens (tertiary/aromatic N) is 1. The van der Waals surface area contributed by atoms with Crippen LogP contribution in [0.5, 0.6) is 5.88 Å². The molecule has 1 heterocycles. The molecule has 0 atom stereocenters. The van der Waals surface area contributed by atoms with Crippen LogP contribution in [0, 0.1) is 0 Å². The summed E-state index contributed by atoms with van der Waals surface area (Å²) in [6, 6.07) is 1.43. The predicted octanol–water partition coefficient (Wildman–Crippen LogP) is 1.87. The van der Waals surface area contributed by atoms with Gasteiger partial charge in [0.1, 0.15) is 6.10 Å². The third-order valence-corrected chi connectivity index (χ3v) is 2.19. The lowest BCUT2D eigenvalue weighted by molar-refractivity contribution is 0.0600. The molecule has 5 heteroatoms. The van der Waals surface area contributed by atoms with Crippen LogP contribution >= 0.6 is 0 Å². The highest BCUT2D eigenvalue weighted by molar-refractivity contribution is 5.63. The molecule has 1 fully saturated rings. The molecule has 14 heavy (non-hydrogen) atoms. The van der Waals surface area contributed by atoms with Gasteiger partial charge in [0.25, 0.3) is 0 Å². The van der Waals surface area contributed by atoms with Crippen molar-refractivity contribution in [2.75, 3.05) is 0 Å². The highest BCUT2D eigenvalue weighted by Crippen LogP contribution is 2.21. The van der Waals surface area contributed by atoms with Gasteiger partial charge in [-0.3, -0.25) is 5.09 Å². The van der Waals surface area contributed by atoms with Crippen molar-refractivity contribution in [3.8, 4) is 5.88 Å². The lowest BCUT2D eigenvalue weighted by Crippen LogP contribution is -2.18. The third-order valence-electron chi connectivity index (χ3n) is 2.19. The molecule has 0 saturated heterocycles. The van der Waals surface area contributed by atoms with E-state index in [1.165, 1.54) is 12.3 Å². The Bertz CT molecular complexity index is 347. The van der Waals surface area contributed by atoms with Crippen LogP contribution in [0.1, 0.15) is 25.7 Å². The van der Waals surface area contributed by atoms with E-state index in [0.29, 0.717) is 0 Å². The zero-order valence-corrected chi connectivity index (χ0v) is 7.68. The van der Waals surface area contributed by atoms with E-state index in [1.807, 2.05) is 0 Å². The molecule has 1 N–H and O–H groups in total. The smallest absolute Gasteiger partial charge is 0.431 e. The molecule has 1 aliphatic rings. The van der Waals surface area contributed by atoms with E-state index < -0.39 is 6.16 Å². The summed E-state index contributed by atoms with van der Waals surface area (Å²) in [5.74, 6) is 0.0907. The van der Waals surface area contributed by atoms with Gasteiger partial charge in [-0.25, -0.2) is 4.79 Å². The molecule has 1 saturated carbocycles. The average molecular weight is 197 g/mol.